The van der Waals surface area contributed by atoms with Crippen molar-refractivity contribution in [3.05, 3.63) is 29.8 Å². The van der Waals surface area contributed by atoms with E-state index in [1.165, 1.54) is 12.1 Å². The minimum Gasteiger partial charge on any atom is -0.319 e. The van der Waals surface area contributed by atoms with Gasteiger partial charge in [-0.05, 0) is 56.6 Å². The van der Waals surface area contributed by atoms with Gasteiger partial charge in [0.05, 0.1) is 16.5 Å². The fourth-order valence-electron chi connectivity index (χ4n) is 2.55. The van der Waals surface area contributed by atoms with E-state index in [1.807, 2.05) is 13.1 Å². The van der Waals surface area contributed by atoms with E-state index in [-0.39, 0.29) is 4.90 Å². The van der Waals surface area contributed by atoms with Crippen molar-refractivity contribution >= 4 is 10.0 Å². The van der Waals surface area contributed by atoms with Gasteiger partial charge in [0.1, 0.15) is 0 Å². The molecule has 1 heterocycles. The van der Waals surface area contributed by atoms with Gasteiger partial charge in [0.15, 0.2) is 0 Å². The zero-order valence-corrected chi connectivity index (χ0v) is 12.4. The molecule has 1 aromatic rings. The summed E-state index contributed by atoms with van der Waals surface area (Å²) in [6.07, 6.45) is 1.95. The molecular weight excluding hydrogens is 274 g/mol. The van der Waals surface area contributed by atoms with Gasteiger partial charge < -0.3 is 5.32 Å². The molecule has 1 saturated heterocycles. The second kappa shape index (κ2) is 6.35. The van der Waals surface area contributed by atoms with Gasteiger partial charge >= 0.3 is 0 Å². The Morgan fingerprint density at radius 2 is 2.10 bits per heavy atom. The van der Waals surface area contributed by atoms with Crippen LogP contribution >= 0.6 is 0 Å². The van der Waals surface area contributed by atoms with Gasteiger partial charge in [-0.3, -0.25) is 0 Å². The van der Waals surface area contributed by atoms with Gasteiger partial charge in [-0.25, -0.2) is 8.42 Å². The maximum Gasteiger partial charge on any atom is 0.243 e. The van der Waals surface area contributed by atoms with Crippen molar-refractivity contribution < 1.29 is 8.42 Å². The summed E-state index contributed by atoms with van der Waals surface area (Å²) in [5, 5.41) is 11.9. The fourth-order valence-corrected chi connectivity index (χ4v) is 4.11. The van der Waals surface area contributed by atoms with Crippen molar-refractivity contribution in [1.82, 2.24) is 9.62 Å². The molecule has 1 aromatic carbocycles. The molecule has 0 amide bonds. The van der Waals surface area contributed by atoms with Crippen LogP contribution in [0.3, 0.4) is 0 Å². The van der Waals surface area contributed by atoms with Crippen LogP contribution in [0.2, 0.25) is 0 Å². The smallest absolute Gasteiger partial charge is 0.243 e. The van der Waals surface area contributed by atoms with Crippen LogP contribution in [-0.2, 0) is 10.0 Å². The zero-order chi connectivity index (χ0) is 14.6. The molecule has 1 unspecified atom stereocenters. The Bertz CT molecular complexity index is 588. The van der Waals surface area contributed by atoms with Crippen LogP contribution in [-0.4, -0.2) is 39.4 Å². The molecule has 1 aliphatic rings. The molecule has 0 radical (unpaired) electrons. The SMILES string of the molecule is CNCC1CCCN(S(=O)(=O)c2ccc(C#N)cc2)C1. The van der Waals surface area contributed by atoms with E-state index in [0.29, 0.717) is 24.6 Å². The number of nitrogens with zero attached hydrogens (tertiary/aromatic N) is 2. The monoisotopic (exact) mass is 293 g/mol. The molecule has 0 aliphatic carbocycles. The van der Waals surface area contributed by atoms with Crippen LogP contribution in [0.15, 0.2) is 29.2 Å². The molecule has 0 aromatic heterocycles. The van der Waals surface area contributed by atoms with Gasteiger partial charge in [0, 0.05) is 13.1 Å². The number of sulfonamides is 1. The molecule has 0 bridgehead atoms. The Kier molecular flexibility index (Phi) is 4.76. The second-order valence-electron chi connectivity index (χ2n) is 5.07. The number of nitriles is 1. The lowest BCUT2D eigenvalue weighted by atomic mass is 10.00. The van der Waals surface area contributed by atoms with E-state index in [4.69, 9.17) is 5.26 Å². The Hall–Kier alpha value is -1.42. The summed E-state index contributed by atoms with van der Waals surface area (Å²) in [5.74, 6) is 0.363. The molecule has 0 saturated carbocycles. The lowest BCUT2D eigenvalue weighted by Gasteiger charge is -2.31. The van der Waals surface area contributed by atoms with Crippen molar-refractivity contribution in [3.8, 4) is 6.07 Å². The van der Waals surface area contributed by atoms with E-state index in [9.17, 15) is 8.42 Å². The molecule has 0 spiro atoms. The van der Waals surface area contributed by atoms with Crippen molar-refractivity contribution in [2.75, 3.05) is 26.7 Å². The fraction of sp³-hybridized carbons (Fsp3) is 0.500. The third kappa shape index (κ3) is 3.18. The van der Waals surface area contributed by atoms with Crippen LogP contribution in [0, 0.1) is 17.2 Å². The molecule has 1 fully saturated rings. The van der Waals surface area contributed by atoms with Gasteiger partial charge in [-0.2, -0.15) is 9.57 Å². The second-order valence-corrected chi connectivity index (χ2v) is 7.00. The lowest BCUT2D eigenvalue weighted by molar-refractivity contribution is 0.263. The standard InChI is InChI=1S/C14H19N3O2S/c1-16-10-13-3-2-8-17(11-13)20(18,19)14-6-4-12(9-15)5-7-14/h4-7,13,16H,2-3,8,10-11H2,1H3. The van der Waals surface area contributed by atoms with E-state index in [1.54, 1.807) is 16.4 Å². The molecule has 5 nitrogen and oxygen atoms in total. The Morgan fingerprint density at radius 3 is 2.70 bits per heavy atom. The number of rotatable bonds is 4. The predicted octanol–water partition coefficient (Wildman–Crippen LogP) is 1.18. The predicted molar refractivity (Wildman–Crippen MR) is 76.6 cm³/mol. The topological polar surface area (TPSA) is 73.2 Å². The summed E-state index contributed by atoms with van der Waals surface area (Å²) >= 11 is 0. The molecule has 108 valence electrons. The van der Waals surface area contributed by atoms with Crippen LogP contribution in [0.4, 0.5) is 0 Å². The highest BCUT2D eigenvalue weighted by Gasteiger charge is 2.29. The van der Waals surface area contributed by atoms with E-state index < -0.39 is 10.0 Å². The van der Waals surface area contributed by atoms with Crippen LogP contribution in [0.5, 0.6) is 0 Å². The summed E-state index contributed by atoms with van der Waals surface area (Å²) in [6.45, 7) is 1.96. The van der Waals surface area contributed by atoms with Crippen LogP contribution in [0.25, 0.3) is 0 Å². The molecule has 1 atom stereocenters. The normalized spacial score (nSPS) is 20.5. The number of piperidine rings is 1. The quantitative estimate of drug-likeness (QED) is 0.904. The largest absolute Gasteiger partial charge is 0.319 e. The van der Waals surface area contributed by atoms with Crippen molar-refractivity contribution in [2.45, 2.75) is 17.7 Å². The van der Waals surface area contributed by atoms with Gasteiger partial charge in [-0.1, -0.05) is 0 Å². The van der Waals surface area contributed by atoms with E-state index >= 15 is 0 Å². The summed E-state index contributed by atoms with van der Waals surface area (Å²) in [5.41, 5.74) is 0.468. The highest BCUT2D eigenvalue weighted by Crippen LogP contribution is 2.23. The van der Waals surface area contributed by atoms with E-state index in [0.717, 1.165) is 19.4 Å². The Balaban J connectivity index is 2.18. The molecule has 1 N–H and O–H groups in total. The first kappa shape index (κ1) is 15.0. The number of hydrogen-bond donors (Lipinski definition) is 1. The Morgan fingerprint density at radius 1 is 1.40 bits per heavy atom. The van der Waals surface area contributed by atoms with E-state index in [2.05, 4.69) is 5.32 Å². The van der Waals surface area contributed by atoms with Crippen LogP contribution in [0.1, 0.15) is 18.4 Å². The van der Waals surface area contributed by atoms with Crippen molar-refractivity contribution in [3.63, 3.8) is 0 Å². The first-order valence-electron chi connectivity index (χ1n) is 6.73. The first-order valence-corrected chi connectivity index (χ1v) is 8.17. The van der Waals surface area contributed by atoms with Crippen molar-refractivity contribution in [1.29, 1.82) is 5.26 Å². The first-order chi connectivity index (χ1) is 9.57. The maximum absolute atomic E-state index is 12.6. The average Bonchev–Trinajstić information content (AvgIpc) is 2.48. The van der Waals surface area contributed by atoms with Gasteiger partial charge in [0.25, 0.3) is 0 Å². The lowest BCUT2D eigenvalue weighted by Crippen LogP contribution is -2.42. The summed E-state index contributed by atoms with van der Waals surface area (Å²) in [7, 11) is -1.56. The van der Waals surface area contributed by atoms with Crippen LogP contribution < -0.4 is 5.32 Å². The molecule has 20 heavy (non-hydrogen) atoms. The third-order valence-electron chi connectivity index (χ3n) is 3.60. The highest BCUT2D eigenvalue weighted by atomic mass is 32.2. The summed E-state index contributed by atoms with van der Waals surface area (Å²) in [6, 6.07) is 8.10. The third-order valence-corrected chi connectivity index (χ3v) is 5.48. The minimum absolute atomic E-state index is 0.265. The Labute approximate surface area is 120 Å². The molecule has 6 heteroatoms. The number of nitrogens with one attached hydrogen (secondary N) is 1. The summed E-state index contributed by atoms with van der Waals surface area (Å²) in [4.78, 5) is 0.265. The van der Waals surface area contributed by atoms with Gasteiger partial charge in [-0.15, -0.1) is 0 Å². The number of hydrogen-bond acceptors (Lipinski definition) is 4. The molecular formula is C14H19N3O2S. The molecule has 1 aliphatic heterocycles. The van der Waals surface area contributed by atoms with Crippen molar-refractivity contribution in [2.24, 2.45) is 5.92 Å². The molecule has 2 rings (SSSR count). The zero-order valence-electron chi connectivity index (χ0n) is 11.5. The van der Waals surface area contributed by atoms with Gasteiger partial charge in [0.2, 0.25) is 10.0 Å². The summed E-state index contributed by atoms with van der Waals surface area (Å²) < 4.78 is 26.7. The minimum atomic E-state index is -3.44. The highest BCUT2D eigenvalue weighted by molar-refractivity contribution is 7.89. The number of benzene rings is 1. The average molecular weight is 293 g/mol. The maximum atomic E-state index is 12.6.